The molecule has 2 amide bonds. The van der Waals surface area contributed by atoms with Gasteiger partial charge in [0.15, 0.2) is 0 Å². The maximum absolute atomic E-state index is 12.5. The second-order valence-corrected chi connectivity index (χ2v) is 6.93. The van der Waals surface area contributed by atoms with Crippen molar-refractivity contribution in [2.24, 2.45) is 0 Å². The van der Waals surface area contributed by atoms with E-state index in [9.17, 15) is 9.59 Å². The minimum atomic E-state index is -0.188. The fourth-order valence-electron chi connectivity index (χ4n) is 2.95. The van der Waals surface area contributed by atoms with E-state index in [0.717, 1.165) is 31.9 Å². The molecule has 0 bridgehead atoms. The highest BCUT2D eigenvalue weighted by Gasteiger charge is 2.26. The first kappa shape index (κ1) is 19.4. The molecule has 6 nitrogen and oxygen atoms in total. The average Bonchev–Trinajstić information content (AvgIpc) is 2.62. The van der Waals surface area contributed by atoms with Crippen molar-refractivity contribution >= 4 is 17.5 Å². The summed E-state index contributed by atoms with van der Waals surface area (Å²) in [6.45, 7) is 9.84. The molecule has 1 aromatic rings. The van der Waals surface area contributed by atoms with Gasteiger partial charge >= 0.3 is 0 Å². The first-order valence-electron chi connectivity index (χ1n) is 8.98. The van der Waals surface area contributed by atoms with Gasteiger partial charge in [0.1, 0.15) is 0 Å². The molecule has 0 aromatic heterocycles. The maximum Gasteiger partial charge on any atom is 0.241 e. The van der Waals surface area contributed by atoms with Crippen LogP contribution in [0.1, 0.15) is 32.3 Å². The summed E-state index contributed by atoms with van der Waals surface area (Å²) in [5.41, 5.74) is 2.10. The Morgan fingerprint density at radius 2 is 1.64 bits per heavy atom. The second-order valence-electron chi connectivity index (χ2n) is 6.93. The van der Waals surface area contributed by atoms with Crippen LogP contribution in [0, 0.1) is 0 Å². The predicted octanol–water partition coefficient (Wildman–Crippen LogP) is 1.50. The van der Waals surface area contributed by atoms with Crippen LogP contribution in [0.4, 0.5) is 5.69 Å². The molecule has 1 aromatic carbocycles. The van der Waals surface area contributed by atoms with Crippen molar-refractivity contribution in [3.8, 4) is 0 Å². The Hall–Kier alpha value is -1.92. The summed E-state index contributed by atoms with van der Waals surface area (Å²) in [6, 6.07) is 7.85. The van der Waals surface area contributed by atoms with Crippen LogP contribution in [0.5, 0.6) is 0 Å². The van der Waals surface area contributed by atoms with E-state index >= 15 is 0 Å². The fourth-order valence-corrected chi connectivity index (χ4v) is 2.95. The molecule has 1 atom stereocenters. The Bertz CT molecular complexity index is 578. The summed E-state index contributed by atoms with van der Waals surface area (Å²) in [4.78, 5) is 28.2. The topological polar surface area (TPSA) is 64.7 Å². The van der Waals surface area contributed by atoms with Crippen molar-refractivity contribution in [2.75, 3.05) is 45.1 Å². The molecule has 1 aliphatic rings. The van der Waals surface area contributed by atoms with E-state index in [1.807, 2.05) is 19.1 Å². The van der Waals surface area contributed by atoms with Crippen molar-refractivity contribution < 1.29 is 9.59 Å². The largest absolute Gasteiger partial charge is 0.358 e. The maximum atomic E-state index is 12.5. The van der Waals surface area contributed by atoms with E-state index in [0.29, 0.717) is 12.5 Å². The van der Waals surface area contributed by atoms with Gasteiger partial charge in [0.25, 0.3) is 0 Å². The summed E-state index contributed by atoms with van der Waals surface area (Å²) in [5, 5.41) is 5.64. The van der Waals surface area contributed by atoms with Gasteiger partial charge in [-0.25, -0.2) is 0 Å². The monoisotopic (exact) mass is 346 g/mol. The van der Waals surface area contributed by atoms with E-state index < -0.39 is 0 Å². The van der Waals surface area contributed by atoms with Gasteiger partial charge in [0.05, 0.1) is 12.6 Å². The van der Waals surface area contributed by atoms with E-state index in [1.54, 1.807) is 7.05 Å². The van der Waals surface area contributed by atoms with Gasteiger partial charge in [-0.3, -0.25) is 19.4 Å². The lowest BCUT2D eigenvalue weighted by Crippen LogP contribution is -2.54. The number of hydrogen-bond acceptors (Lipinski definition) is 4. The number of nitrogens with zero attached hydrogens (tertiary/aromatic N) is 2. The first-order valence-corrected chi connectivity index (χ1v) is 8.98. The van der Waals surface area contributed by atoms with Crippen molar-refractivity contribution in [1.29, 1.82) is 0 Å². The number of amides is 2. The van der Waals surface area contributed by atoms with E-state index in [2.05, 4.69) is 46.4 Å². The van der Waals surface area contributed by atoms with E-state index in [-0.39, 0.29) is 17.9 Å². The second kappa shape index (κ2) is 8.97. The molecular weight excluding hydrogens is 316 g/mol. The van der Waals surface area contributed by atoms with E-state index in [4.69, 9.17) is 0 Å². The molecule has 1 aliphatic heterocycles. The van der Waals surface area contributed by atoms with Crippen LogP contribution < -0.4 is 10.6 Å². The quantitative estimate of drug-likeness (QED) is 0.819. The molecule has 0 radical (unpaired) electrons. The Balaban J connectivity index is 1.83. The summed E-state index contributed by atoms with van der Waals surface area (Å²) in [5.74, 6) is 0.524. The van der Waals surface area contributed by atoms with Crippen molar-refractivity contribution in [3.05, 3.63) is 29.8 Å². The van der Waals surface area contributed by atoms with Gasteiger partial charge in [-0.2, -0.15) is 0 Å². The van der Waals surface area contributed by atoms with Gasteiger partial charge in [-0.05, 0) is 30.5 Å². The van der Waals surface area contributed by atoms with Crippen LogP contribution in [0.25, 0.3) is 0 Å². The smallest absolute Gasteiger partial charge is 0.241 e. The highest BCUT2D eigenvalue weighted by Crippen LogP contribution is 2.17. The Labute approximate surface area is 150 Å². The van der Waals surface area contributed by atoms with Gasteiger partial charge in [-0.1, -0.05) is 26.0 Å². The number of hydrogen-bond donors (Lipinski definition) is 2. The molecule has 1 fully saturated rings. The van der Waals surface area contributed by atoms with Gasteiger partial charge in [-0.15, -0.1) is 0 Å². The third-order valence-corrected chi connectivity index (χ3v) is 4.82. The molecule has 25 heavy (non-hydrogen) atoms. The number of benzene rings is 1. The standard InChI is InChI=1S/C19H30N4O2/c1-14(2)16-5-7-17(8-6-16)21-19(25)15(3)23-11-9-22(10-12-23)13-18(24)20-4/h5-8,14-15H,9-13H2,1-4H3,(H,20,24)(H,21,25)/t15-/m0/s1. The minimum absolute atomic E-state index is 0.0112. The molecular formula is C19H30N4O2. The van der Waals surface area contributed by atoms with Crippen LogP contribution in [-0.4, -0.2) is 67.4 Å². The van der Waals surface area contributed by atoms with Gasteiger partial charge in [0.2, 0.25) is 11.8 Å². The third kappa shape index (κ3) is 5.54. The Morgan fingerprint density at radius 3 is 2.16 bits per heavy atom. The zero-order chi connectivity index (χ0) is 18.4. The van der Waals surface area contributed by atoms with Crippen LogP contribution >= 0.6 is 0 Å². The lowest BCUT2D eigenvalue weighted by Gasteiger charge is -2.37. The van der Waals surface area contributed by atoms with Crippen LogP contribution in [-0.2, 0) is 9.59 Å². The van der Waals surface area contributed by atoms with Crippen molar-refractivity contribution in [1.82, 2.24) is 15.1 Å². The molecule has 1 saturated heterocycles. The van der Waals surface area contributed by atoms with Crippen molar-refractivity contribution in [3.63, 3.8) is 0 Å². The van der Waals surface area contributed by atoms with E-state index in [1.165, 1.54) is 5.56 Å². The number of carbonyl (C=O) groups excluding carboxylic acids is 2. The molecule has 0 unspecified atom stereocenters. The highest BCUT2D eigenvalue weighted by molar-refractivity contribution is 5.94. The normalized spacial score (nSPS) is 17.3. The number of anilines is 1. The summed E-state index contributed by atoms with van der Waals surface area (Å²) >= 11 is 0. The Morgan fingerprint density at radius 1 is 1.04 bits per heavy atom. The Kier molecular flexibility index (Phi) is 6.96. The lowest BCUT2D eigenvalue weighted by atomic mass is 10.0. The molecule has 0 aliphatic carbocycles. The molecule has 0 saturated carbocycles. The molecule has 6 heteroatoms. The lowest BCUT2D eigenvalue weighted by molar-refractivity contribution is -0.124. The van der Waals surface area contributed by atoms with Crippen LogP contribution in [0.15, 0.2) is 24.3 Å². The molecule has 2 rings (SSSR count). The summed E-state index contributed by atoms with van der Waals surface area (Å²) in [7, 11) is 1.65. The van der Waals surface area contributed by atoms with Gasteiger partial charge < -0.3 is 10.6 Å². The molecule has 2 N–H and O–H groups in total. The molecule has 0 spiro atoms. The van der Waals surface area contributed by atoms with Crippen LogP contribution in [0.2, 0.25) is 0 Å². The number of likely N-dealkylation sites (N-methyl/N-ethyl adjacent to an activating group) is 1. The third-order valence-electron chi connectivity index (χ3n) is 4.82. The number of carbonyl (C=O) groups is 2. The van der Waals surface area contributed by atoms with Gasteiger partial charge in [0, 0.05) is 38.9 Å². The van der Waals surface area contributed by atoms with Crippen molar-refractivity contribution in [2.45, 2.75) is 32.7 Å². The zero-order valence-electron chi connectivity index (χ0n) is 15.7. The zero-order valence-corrected chi connectivity index (χ0v) is 15.7. The summed E-state index contributed by atoms with van der Waals surface area (Å²) in [6.07, 6.45) is 0. The SMILES string of the molecule is CNC(=O)CN1CCN([C@@H](C)C(=O)Nc2ccc(C(C)C)cc2)CC1. The number of piperazine rings is 1. The first-order chi connectivity index (χ1) is 11.9. The van der Waals surface area contributed by atoms with Crippen LogP contribution in [0.3, 0.4) is 0 Å². The fraction of sp³-hybridized carbons (Fsp3) is 0.579. The predicted molar refractivity (Wildman–Crippen MR) is 101 cm³/mol. The molecule has 1 heterocycles. The number of rotatable bonds is 6. The molecule has 138 valence electrons. The number of nitrogens with one attached hydrogen (secondary N) is 2. The summed E-state index contributed by atoms with van der Waals surface area (Å²) < 4.78 is 0. The highest BCUT2D eigenvalue weighted by atomic mass is 16.2. The minimum Gasteiger partial charge on any atom is -0.358 e. The average molecular weight is 346 g/mol.